The predicted octanol–water partition coefficient (Wildman–Crippen LogP) is 2.89. The van der Waals surface area contributed by atoms with E-state index < -0.39 is 12.0 Å². The van der Waals surface area contributed by atoms with Crippen LogP contribution in [0.3, 0.4) is 0 Å². The van der Waals surface area contributed by atoms with E-state index >= 15 is 0 Å². The lowest BCUT2D eigenvalue weighted by atomic mass is 9.88. The average molecular weight is 386 g/mol. The van der Waals surface area contributed by atoms with Crippen LogP contribution in [0.2, 0.25) is 0 Å². The maximum absolute atomic E-state index is 13.3. The number of nitrogens with one attached hydrogen (secondary N) is 1. The fourth-order valence-corrected chi connectivity index (χ4v) is 4.06. The van der Waals surface area contributed by atoms with Gasteiger partial charge in [-0.15, -0.1) is 0 Å². The number of ether oxygens (including phenoxy) is 1. The van der Waals surface area contributed by atoms with Gasteiger partial charge in [0.25, 0.3) is 5.56 Å². The number of aliphatic imine (C=N–C) groups is 1. The number of fused-ring (bicyclic) bond motifs is 4. The largest absolute Gasteiger partial charge is 0.468 e. The Morgan fingerprint density at radius 3 is 2.41 bits per heavy atom. The van der Waals surface area contributed by atoms with Crippen molar-refractivity contribution in [3.63, 3.8) is 0 Å². The minimum absolute atomic E-state index is 0.0164. The summed E-state index contributed by atoms with van der Waals surface area (Å²) in [6.45, 7) is 0. The third kappa shape index (κ3) is 2.51. The third-order valence-corrected chi connectivity index (χ3v) is 5.47. The monoisotopic (exact) mass is 386 g/mol. The predicted molar refractivity (Wildman–Crippen MR) is 109 cm³/mol. The van der Waals surface area contributed by atoms with Crippen molar-refractivity contribution >= 4 is 23.0 Å². The van der Waals surface area contributed by atoms with Crippen LogP contribution in [0.15, 0.2) is 64.4 Å². The molecule has 2 atom stereocenters. The minimum Gasteiger partial charge on any atom is -0.468 e. The number of anilines is 1. The van der Waals surface area contributed by atoms with Crippen LogP contribution in [0, 0.1) is 5.92 Å². The first kappa shape index (κ1) is 17.4. The lowest BCUT2D eigenvalue weighted by molar-refractivity contribution is 0.0952. The molecule has 5 rings (SSSR count). The van der Waals surface area contributed by atoms with Crippen LogP contribution in [0.4, 0.5) is 11.5 Å². The molecule has 0 spiro atoms. The van der Waals surface area contributed by atoms with E-state index in [9.17, 15) is 9.59 Å². The van der Waals surface area contributed by atoms with Gasteiger partial charge in [0.15, 0.2) is 17.3 Å². The lowest BCUT2D eigenvalue weighted by Gasteiger charge is -2.23. The molecule has 0 fully saturated rings. The molecule has 2 aliphatic rings. The second-order valence-corrected chi connectivity index (χ2v) is 7.08. The summed E-state index contributed by atoms with van der Waals surface area (Å²) in [5.41, 5.74) is 2.74. The van der Waals surface area contributed by atoms with Gasteiger partial charge in [-0.3, -0.25) is 14.2 Å². The van der Waals surface area contributed by atoms with Crippen molar-refractivity contribution in [3.05, 3.63) is 81.6 Å². The van der Waals surface area contributed by atoms with Crippen molar-refractivity contribution in [2.45, 2.75) is 6.04 Å². The Morgan fingerprint density at radius 1 is 1.00 bits per heavy atom. The van der Waals surface area contributed by atoms with Crippen molar-refractivity contribution in [2.75, 3.05) is 12.4 Å². The van der Waals surface area contributed by atoms with Crippen LogP contribution in [0.5, 0.6) is 6.01 Å². The molecule has 29 heavy (non-hydrogen) atoms. The van der Waals surface area contributed by atoms with Crippen LogP contribution in [0.25, 0.3) is 0 Å². The average Bonchev–Trinajstić information content (AvgIpc) is 2.92. The molecule has 7 heteroatoms. The zero-order valence-electron chi connectivity index (χ0n) is 15.9. The SMILES string of the molecule is COc1nc2c(c(=O)n1C)N=C1c3ccccc3C(=O)C1C(c1ccccc1)N2. The van der Waals surface area contributed by atoms with Crippen molar-refractivity contribution in [3.8, 4) is 6.01 Å². The molecule has 3 aromatic rings. The molecular formula is C22H18N4O3. The number of ketones is 1. The fourth-order valence-electron chi connectivity index (χ4n) is 4.06. The van der Waals surface area contributed by atoms with Gasteiger partial charge in [-0.25, -0.2) is 4.99 Å². The van der Waals surface area contributed by atoms with E-state index in [1.165, 1.54) is 11.7 Å². The first-order chi connectivity index (χ1) is 14.1. The highest BCUT2D eigenvalue weighted by molar-refractivity contribution is 6.29. The summed E-state index contributed by atoms with van der Waals surface area (Å²) in [5, 5.41) is 3.32. The van der Waals surface area contributed by atoms with Crippen LogP contribution in [-0.4, -0.2) is 28.2 Å². The molecule has 7 nitrogen and oxygen atoms in total. The molecule has 1 aliphatic heterocycles. The Morgan fingerprint density at radius 2 is 1.69 bits per heavy atom. The van der Waals surface area contributed by atoms with Crippen molar-refractivity contribution < 1.29 is 9.53 Å². The smallest absolute Gasteiger partial charge is 0.300 e. The van der Waals surface area contributed by atoms with Gasteiger partial charge < -0.3 is 10.1 Å². The quantitative estimate of drug-likeness (QED) is 0.732. The molecular weight excluding hydrogens is 368 g/mol. The van der Waals surface area contributed by atoms with E-state index in [-0.39, 0.29) is 23.0 Å². The minimum atomic E-state index is -0.556. The number of hydrogen-bond donors (Lipinski definition) is 1. The van der Waals surface area contributed by atoms with Crippen LogP contribution >= 0.6 is 0 Å². The number of hydrogen-bond acceptors (Lipinski definition) is 6. The number of carbonyl (C=O) groups is 1. The number of benzene rings is 2. The topological polar surface area (TPSA) is 85.6 Å². The summed E-state index contributed by atoms with van der Waals surface area (Å²) in [7, 11) is 3.04. The highest BCUT2D eigenvalue weighted by Gasteiger charge is 2.44. The van der Waals surface area contributed by atoms with Gasteiger partial charge in [-0.2, -0.15) is 4.98 Å². The Labute approximate surface area is 166 Å². The van der Waals surface area contributed by atoms with Crippen LogP contribution < -0.4 is 15.6 Å². The highest BCUT2D eigenvalue weighted by atomic mass is 16.5. The Hall–Kier alpha value is -3.74. The van der Waals surface area contributed by atoms with E-state index in [1.807, 2.05) is 54.6 Å². The number of methoxy groups -OCH3 is 1. The molecule has 0 saturated heterocycles. The lowest BCUT2D eigenvalue weighted by Crippen LogP contribution is -2.29. The zero-order valence-corrected chi connectivity index (χ0v) is 15.9. The zero-order chi connectivity index (χ0) is 20.1. The van der Waals surface area contributed by atoms with Gasteiger partial charge in [-0.1, -0.05) is 54.6 Å². The van der Waals surface area contributed by atoms with Gasteiger partial charge in [-0.05, 0) is 5.56 Å². The van der Waals surface area contributed by atoms with E-state index in [0.29, 0.717) is 17.1 Å². The summed E-state index contributed by atoms with van der Waals surface area (Å²) >= 11 is 0. The summed E-state index contributed by atoms with van der Waals surface area (Å²) in [4.78, 5) is 35.5. The van der Waals surface area contributed by atoms with Gasteiger partial charge in [0.05, 0.1) is 24.8 Å². The second kappa shape index (κ2) is 6.41. The number of aromatic nitrogens is 2. The van der Waals surface area contributed by atoms with Crippen LogP contribution in [0.1, 0.15) is 27.5 Å². The molecule has 0 bridgehead atoms. The standard InChI is InChI=1S/C22H18N4O3/c1-26-21(28)18-20(25-22(26)29-2)24-16(12-8-4-3-5-9-12)15-17(23-18)13-10-6-7-11-14(13)19(15)27/h3-11,15-16,24H,1-2H3. The number of Topliss-reactive ketones (excluding diaryl/α,β-unsaturated/α-hetero) is 1. The normalized spacial score (nSPS) is 19.4. The van der Waals surface area contributed by atoms with Crippen LogP contribution in [-0.2, 0) is 7.05 Å². The van der Waals surface area contributed by atoms with Crippen molar-refractivity contribution in [1.82, 2.24) is 9.55 Å². The first-order valence-electron chi connectivity index (χ1n) is 9.29. The third-order valence-electron chi connectivity index (χ3n) is 5.47. The summed E-state index contributed by atoms with van der Waals surface area (Å²) in [6, 6.07) is 16.8. The molecule has 1 aliphatic carbocycles. The molecule has 144 valence electrons. The molecule has 2 heterocycles. The fraction of sp³-hybridized carbons (Fsp3) is 0.182. The highest BCUT2D eigenvalue weighted by Crippen LogP contribution is 2.42. The van der Waals surface area contributed by atoms with Crippen molar-refractivity contribution in [1.29, 1.82) is 0 Å². The molecule has 0 saturated carbocycles. The van der Waals surface area contributed by atoms with E-state index in [1.54, 1.807) is 7.05 Å². The summed E-state index contributed by atoms with van der Waals surface area (Å²) < 4.78 is 6.55. The molecule has 1 aromatic heterocycles. The van der Waals surface area contributed by atoms with Crippen molar-refractivity contribution in [2.24, 2.45) is 18.0 Å². The number of rotatable bonds is 2. The maximum atomic E-state index is 13.3. The molecule has 0 amide bonds. The van der Waals surface area contributed by atoms with E-state index in [0.717, 1.165) is 11.1 Å². The van der Waals surface area contributed by atoms with Gasteiger partial charge >= 0.3 is 6.01 Å². The molecule has 0 radical (unpaired) electrons. The molecule has 1 N–H and O–H groups in total. The summed E-state index contributed by atoms with van der Waals surface area (Å²) in [5.74, 6) is -0.261. The van der Waals surface area contributed by atoms with Gasteiger partial charge in [0.2, 0.25) is 0 Å². The Balaban J connectivity index is 1.81. The number of nitrogens with zero attached hydrogens (tertiary/aromatic N) is 3. The van der Waals surface area contributed by atoms with E-state index in [4.69, 9.17) is 4.74 Å². The molecule has 2 aromatic carbocycles. The second-order valence-electron chi connectivity index (χ2n) is 7.08. The van der Waals surface area contributed by atoms with Gasteiger partial charge in [0, 0.05) is 18.2 Å². The van der Waals surface area contributed by atoms with E-state index in [2.05, 4.69) is 15.3 Å². The maximum Gasteiger partial charge on any atom is 0.300 e. The Kier molecular flexibility index (Phi) is 3.84. The summed E-state index contributed by atoms with van der Waals surface area (Å²) in [6.07, 6.45) is 0. The number of carbonyl (C=O) groups excluding carboxylic acids is 1. The van der Waals surface area contributed by atoms with Gasteiger partial charge in [0.1, 0.15) is 0 Å². The Bertz CT molecular complexity index is 1230. The molecule has 2 unspecified atom stereocenters. The first-order valence-corrected chi connectivity index (χ1v) is 9.29.